The van der Waals surface area contributed by atoms with E-state index in [1.807, 2.05) is 12.2 Å². The summed E-state index contributed by atoms with van der Waals surface area (Å²) in [4.78, 5) is 2.33. The number of hydrogen-bond acceptors (Lipinski definition) is 3. The van der Waals surface area contributed by atoms with Crippen LogP contribution in [0.2, 0.25) is 0 Å². The van der Waals surface area contributed by atoms with Crippen LogP contribution in [0, 0.1) is 0 Å². The van der Waals surface area contributed by atoms with Crippen molar-refractivity contribution in [1.82, 2.24) is 4.90 Å². The number of allylic oxidation sites excluding steroid dienone is 3. The standard InChI is InChI=1S/C10H18N2O/c11-6-4-2-1-3-5-7-12-8-9-13-10-12/h1-2,4,6H,3,5,7-11H2/b2-1-,6-4-. The third kappa shape index (κ3) is 4.70. The van der Waals surface area contributed by atoms with E-state index in [9.17, 15) is 0 Å². The Morgan fingerprint density at radius 2 is 2.31 bits per heavy atom. The minimum atomic E-state index is 0.812. The molecule has 0 unspecified atom stereocenters. The Morgan fingerprint density at radius 1 is 1.38 bits per heavy atom. The quantitative estimate of drug-likeness (QED) is 0.511. The molecular formula is C10H18N2O. The molecule has 1 aliphatic heterocycles. The number of hydrogen-bond donors (Lipinski definition) is 1. The van der Waals surface area contributed by atoms with E-state index in [0.717, 1.165) is 32.8 Å². The molecule has 0 atom stereocenters. The largest absolute Gasteiger partial charge is 0.405 e. The predicted molar refractivity (Wildman–Crippen MR) is 54.1 cm³/mol. The average Bonchev–Trinajstić information content (AvgIpc) is 2.63. The molecule has 1 saturated heterocycles. The molecule has 0 radical (unpaired) electrons. The minimum absolute atomic E-state index is 0.812. The van der Waals surface area contributed by atoms with Gasteiger partial charge in [0.15, 0.2) is 0 Å². The first-order valence-corrected chi connectivity index (χ1v) is 4.77. The van der Waals surface area contributed by atoms with Gasteiger partial charge in [-0.3, -0.25) is 4.90 Å². The molecule has 13 heavy (non-hydrogen) atoms. The normalized spacial score (nSPS) is 19.4. The summed E-state index contributed by atoms with van der Waals surface area (Å²) in [5.74, 6) is 0. The zero-order chi connectivity index (χ0) is 9.36. The number of nitrogens with two attached hydrogens (primary N) is 1. The van der Waals surface area contributed by atoms with Gasteiger partial charge in [0.05, 0.1) is 13.3 Å². The van der Waals surface area contributed by atoms with Crippen LogP contribution in [0.4, 0.5) is 0 Å². The zero-order valence-corrected chi connectivity index (χ0v) is 7.98. The molecule has 1 rings (SSSR count). The van der Waals surface area contributed by atoms with Gasteiger partial charge in [-0.05, 0) is 25.1 Å². The van der Waals surface area contributed by atoms with Crippen molar-refractivity contribution in [1.29, 1.82) is 0 Å². The highest BCUT2D eigenvalue weighted by molar-refractivity contribution is 5.00. The van der Waals surface area contributed by atoms with E-state index in [1.165, 1.54) is 6.42 Å². The number of rotatable bonds is 5. The first-order valence-electron chi connectivity index (χ1n) is 4.77. The third-order valence-electron chi connectivity index (χ3n) is 2.03. The molecular weight excluding hydrogens is 164 g/mol. The van der Waals surface area contributed by atoms with Crippen LogP contribution >= 0.6 is 0 Å². The van der Waals surface area contributed by atoms with Gasteiger partial charge in [0.2, 0.25) is 0 Å². The van der Waals surface area contributed by atoms with Crippen LogP contribution < -0.4 is 5.73 Å². The fourth-order valence-electron chi connectivity index (χ4n) is 1.30. The molecule has 1 aliphatic rings. The smallest absolute Gasteiger partial charge is 0.0991 e. The Hall–Kier alpha value is -0.800. The first kappa shape index (κ1) is 10.3. The van der Waals surface area contributed by atoms with Crippen LogP contribution in [0.3, 0.4) is 0 Å². The van der Waals surface area contributed by atoms with Gasteiger partial charge in [-0.15, -0.1) is 0 Å². The second kappa shape index (κ2) is 6.69. The van der Waals surface area contributed by atoms with Crippen molar-refractivity contribution in [2.45, 2.75) is 12.8 Å². The van der Waals surface area contributed by atoms with Gasteiger partial charge in [0, 0.05) is 13.1 Å². The van der Waals surface area contributed by atoms with Crippen molar-refractivity contribution in [3.05, 3.63) is 24.4 Å². The fourth-order valence-corrected chi connectivity index (χ4v) is 1.30. The number of nitrogens with zero attached hydrogens (tertiary/aromatic N) is 1. The van der Waals surface area contributed by atoms with Crippen molar-refractivity contribution in [2.24, 2.45) is 5.73 Å². The van der Waals surface area contributed by atoms with E-state index < -0.39 is 0 Å². The molecule has 1 heterocycles. The van der Waals surface area contributed by atoms with Gasteiger partial charge in [0.1, 0.15) is 0 Å². The molecule has 0 bridgehead atoms. The Balaban J connectivity index is 1.94. The SMILES string of the molecule is N/C=C\C=C/CCCN1CCOC1. The second-order valence-corrected chi connectivity index (χ2v) is 3.11. The van der Waals surface area contributed by atoms with Crippen molar-refractivity contribution in [2.75, 3.05) is 26.4 Å². The molecule has 0 spiro atoms. The van der Waals surface area contributed by atoms with Crippen molar-refractivity contribution in [3.8, 4) is 0 Å². The van der Waals surface area contributed by atoms with Crippen LogP contribution in [0.15, 0.2) is 24.4 Å². The first-order chi connectivity index (χ1) is 6.43. The second-order valence-electron chi connectivity index (χ2n) is 3.11. The molecule has 0 aliphatic carbocycles. The molecule has 2 N–H and O–H groups in total. The maximum Gasteiger partial charge on any atom is 0.0991 e. The lowest BCUT2D eigenvalue weighted by Crippen LogP contribution is -2.20. The van der Waals surface area contributed by atoms with E-state index >= 15 is 0 Å². The van der Waals surface area contributed by atoms with Crippen molar-refractivity contribution >= 4 is 0 Å². The molecule has 0 aromatic heterocycles. The summed E-state index contributed by atoms with van der Waals surface area (Å²) in [7, 11) is 0. The molecule has 1 fully saturated rings. The maximum atomic E-state index is 5.23. The lowest BCUT2D eigenvalue weighted by molar-refractivity contribution is 0.140. The Labute approximate surface area is 79.9 Å². The summed E-state index contributed by atoms with van der Waals surface area (Å²) in [6.45, 7) is 3.93. The van der Waals surface area contributed by atoms with E-state index in [-0.39, 0.29) is 0 Å². The van der Waals surface area contributed by atoms with Crippen LogP contribution in [0.25, 0.3) is 0 Å². The van der Waals surface area contributed by atoms with Gasteiger partial charge in [-0.1, -0.05) is 12.2 Å². The molecule has 0 amide bonds. The summed E-state index contributed by atoms with van der Waals surface area (Å²) < 4.78 is 5.23. The Bertz CT molecular complexity index is 172. The van der Waals surface area contributed by atoms with Crippen molar-refractivity contribution in [3.63, 3.8) is 0 Å². The third-order valence-corrected chi connectivity index (χ3v) is 2.03. The lowest BCUT2D eigenvalue weighted by Gasteiger charge is -2.10. The predicted octanol–water partition coefficient (Wildman–Crippen LogP) is 1.08. The highest BCUT2D eigenvalue weighted by Gasteiger charge is 2.09. The molecule has 0 aromatic carbocycles. The van der Waals surface area contributed by atoms with Gasteiger partial charge in [-0.25, -0.2) is 0 Å². The summed E-state index contributed by atoms with van der Waals surface area (Å²) in [5, 5.41) is 0. The van der Waals surface area contributed by atoms with Gasteiger partial charge in [0.25, 0.3) is 0 Å². The highest BCUT2D eigenvalue weighted by atomic mass is 16.5. The van der Waals surface area contributed by atoms with Gasteiger partial charge >= 0.3 is 0 Å². The van der Waals surface area contributed by atoms with Gasteiger partial charge in [-0.2, -0.15) is 0 Å². The Morgan fingerprint density at radius 3 is 3.00 bits per heavy atom. The van der Waals surface area contributed by atoms with E-state index in [1.54, 1.807) is 6.20 Å². The lowest BCUT2D eigenvalue weighted by atomic mass is 10.3. The Kier molecular flexibility index (Phi) is 5.29. The molecule has 3 nitrogen and oxygen atoms in total. The number of ether oxygens (including phenoxy) is 1. The van der Waals surface area contributed by atoms with Crippen LogP contribution in [-0.4, -0.2) is 31.3 Å². The molecule has 3 heteroatoms. The van der Waals surface area contributed by atoms with Crippen LogP contribution in [-0.2, 0) is 4.74 Å². The monoisotopic (exact) mass is 182 g/mol. The number of unbranched alkanes of at least 4 members (excludes halogenated alkanes) is 1. The van der Waals surface area contributed by atoms with Gasteiger partial charge < -0.3 is 10.5 Å². The summed E-state index contributed by atoms with van der Waals surface area (Å²) in [6.07, 6.45) is 9.82. The molecule has 0 aromatic rings. The maximum absolute atomic E-state index is 5.23. The van der Waals surface area contributed by atoms with Crippen LogP contribution in [0.5, 0.6) is 0 Å². The van der Waals surface area contributed by atoms with E-state index in [4.69, 9.17) is 10.5 Å². The summed E-state index contributed by atoms with van der Waals surface area (Å²) in [6, 6.07) is 0. The topological polar surface area (TPSA) is 38.5 Å². The van der Waals surface area contributed by atoms with E-state index in [2.05, 4.69) is 11.0 Å². The summed E-state index contributed by atoms with van der Waals surface area (Å²) >= 11 is 0. The zero-order valence-electron chi connectivity index (χ0n) is 7.98. The van der Waals surface area contributed by atoms with Crippen molar-refractivity contribution < 1.29 is 4.74 Å². The highest BCUT2D eigenvalue weighted by Crippen LogP contribution is 2.01. The molecule has 0 saturated carbocycles. The van der Waals surface area contributed by atoms with Crippen LogP contribution in [0.1, 0.15) is 12.8 Å². The van der Waals surface area contributed by atoms with E-state index in [0.29, 0.717) is 0 Å². The average molecular weight is 182 g/mol. The fraction of sp³-hybridized carbons (Fsp3) is 0.600. The molecule has 74 valence electrons. The summed E-state index contributed by atoms with van der Waals surface area (Å²) in [5.41, 5.74) is 5.19. The minimum Gasteiger partial charge on any atom is -0.405 e.